The van der Waals surface area contributed by atoms with E-state index in [1.54, 1.807) is 36.0 Å². The maximum atomic E-state index is 12.2. The van der Waals surface area contributed by atoms with Crippen LogP contribution in [-0.2, 0) is 18.0 Å². The first-order valence-electron chi connectivity index (χ1n) is 8.31. The molecule has 0 atom stereocenters. The second kappa shape index (κ2) is 9.11. The van der Waals surface area contributed by atoms with Gasteiger partial charge in [-0.1, -0.05) is 42.5 Å². The first-order chi connectivity index (χ1) is 12.7. The van der Waals surface area contributed by atoms with Gasteiger partial charge in [-0.25, -0.2) is 4.79 Å². The van der Waals surface area contributed by atoms with Crippen LogP contribution in [0.5, 0.6) is 5.75 Å². The highest BCUT2D eigenvalue weighted by Gasteiger charge is 2.08. The molecule has 4 heteroatoms. The molecule has 0 saturated carbocycles. The van der Waals surface area contributed by atoms with E-state index in [0.29, 0.717) is 12.2 Å². The van der Waals surface area contributed by atoms with Crippen molar-refractivity contribution in [1.29, 1.82) is 0 Å². The number of rotatable bonds is 7. The predicted octanol–water partition coefficient (Wildman–Crippen LogP) is 5.34. The monoisotopic (exact) mass is 364 g/mol. The van der Waals surface area contributed by atoms with Crippen molar-refractivity contribution in [1.82, 2.24) is 0 Å². The number of benzene rings is 3. The van der Waals surface area contributed by atoms with Gasteiger partial charge in [0.05, 0.1) is 5.56 Å². The number of hydrogen-bond donors (Lipinski definition) is 0. The zero-order valence-corrected chi connectivity index (χ0v) is 15.4. The van der Waals surface area contributed by atoms with Gasteiger partial charge >= 0.3 is 5.97 Å². The Bertz CT molecular complexity index is 828. The van der Waals surface area contributed by atoms with Crippen LogP contribution in [0.15, 0.2) is 83.8 Å². The summed E-state index contributed by atoms with van der Waals surface area (Å²) in [6.45, 7) is 0.760. The van der Waals surface area contributed by atoms with E-state index in [0.717, 1.165) is 16.9 Å². The molecule has 0 spiro atoms. The molecule has 0 aromatic heterocycles. The van der Waals surface area contributed by atoms with Gasteiger partial charge in [-0.3, -0.25) is 0 Å². The van der Waals surface area contributed by atoms with Gasteiger partial charge < -0.3 is 9.47 Å². The molecular formula is C22H20O3S. The lowest BCUT2D eigenvalue weighted by molar-refractivity contribution is 0.0472. The van der Waals surface area contributed by atoms with Crippen molar-refractivity contribution in [2.45, 2.75) is 18.1 Å². The largest absolute Gasteiger partial charge is 0.489 e. The minimum Gasteiger partial charge on any atom is -0.489 e. The average molecular weight is 364 g/mol. The number of thioether (sulfide) groups is 1. The van der Waals surface area contributed by atoms with Gasteiger partial charge in [0.1, 0.15) is 19.0 Å². The zero-order chi connectivity index (χ0) is 18.2. The highest BCUT2D eigenvalue weighted by Crippen LogP contribution is 2.17. The molecule has 0 radical (unpaired) electrons. The van der Waals surface area contributed by atoms with Crippen molar-refractivity contribution in [2.24, 2.45) is 0 Å². The molecule has 0 aliphatic heterocycles. The summed E-state index contributed by atoms with van der Waals surface area (Å²) in [4.78, 5) is 13.4. The standard InChI is InChI=1S/C22H20O3S/c1-26-21-13-7-18(8-14-21)16-25-22(23)19-9-11-20(12-10-19)24-15-17-5-3-2-4-6-17/h2-14H,15-16H2,1H3. The predicted molar refractivity (Wildman–Crippen MR) is 105 cm³/mol. The highest BCUT2D eigenvalue weighted by molar-refractivity contribution is 7.98. The molecule has 3 aromatic carbocycles. The van der Waals surface area contributed by atoms with Crippen molar-refractivity contribution >= 4 is 17.7 Å². The Hall–Kier alpha value is -2.72. The van der Waals surface area contributed by atoms with E-state index >= 15 is 0 Å². The van der Waals surface area contributed by atoms with Crippen LogP contribution in [0.3, 0.4) is 0 Å². The minimum absolute atomic E-state index is 0.264. The summed E-state index contributed by atoms with van der Waals surface area (Å²) >= 11 is 1.68. The zero-order valence-electron chi connectivity index (χ0n) is 14.6. The van der Waals surface area contributed by atoms with Gasteiger partial charge in [0.15, 0.2) is 0 Å². The molecule has 0 saturated heterocycles. The van der Waals surface area contributed by atoms with Crippen LogP contribution >= 0.6 is 11.8 Å². The second-order valence-corrected chi connectivity index (χ2v) is 6.60. The molecule has 0 bridgehead atoms. The number of carbonyl (C=O) groups excluding carboxylic acids is 1. The van der Waals surface area contributed by atoms with Gasteiger partial charge in [0, 0.05) is 4.90 Å². The van der Waals surface area contributed by atoms with Crippen molar-refractivity contribution < 1.29 is 14.3 Å². The Kier molecular flexibility index (Phi) is 6.34. The van der Waals surface area contributed by atoms with Crippen LogP contribution in [0.2, 0.25) is 0 Å². The van der Waals surface area contributed by atoms with Gasteiger partial charge in [0.25, 0.3) is 0 Å². The Morgan fingerprint density at radius 3 is 2.12 bits per heavy atom. The fourth-order valence-corrected chi connectivity index (χ4v) is 2.79. The lowest BCUT2D eigenvalue weighted by Crippen LogP contribution is -2.05. The second-order valence-electron chi connectivity index (χ2n) is 5.72. The van der Waals surface area contributed by atoms with E-state index in [9.17, 15) is 4.79 Å². The van der Waals surface area contributed by atoms with Gasteiger partial charge in [0.2, 0.25) is 0 Å². The highest BCUT2D eigenvalue weighted by atomic mass is 32.2. The Balaban J connectivity index is 1.51. The number of esters is 1. The Morgan fingerprint density at radius 2 is 1.46 bits per heavy atom. The summed E-state index contributed by atoms with van der Waals surface area (Å²) in [5.41, 5.74) is 2.58. The molecule has 3 rings (SSSR count). The summed E-state index contributed by atoms with van der Waals surface area (Å²) in [6, 6.07) is 25.0. The van der Waals surface area contributed by atoms with Crippen molar-refractivity contribution in [3.8, 4) is 5.75 Å². The molecule has 0 fully saturated rings. The minimum atomic E-state index is -0.339. The third-order valence-corrected chi connectivity index (χ3v) is 4.61. The quantitative estimate of drug-likeness (QED) is 0.418. The summed E-state index contributed by atoms with van der Waals surface area (Å²) in [7, 11) is 0. The summed E-state index contributed by atoms with van der Waals surface area (Å²) in [6.07, 6.45) is 2.03. The van der Waals surface area contributed by atoms with Gasteiger partial charge in [-0.15, -0.1) is 11.8 Å². The molecule has 132 valence electrons. The van der Waals surface area contributed by atoms with E-state index in [1.807, 2.05) is 60.9 Å². The van der Waals surface area contributed by atoms with Crippen LogP contribution in [-0.4, -0.2) is 12.2 Å². The maximum absolute atomic E-state index is 12.2. The molecule has 0 unspecified atom stereocenters. The number of carbonyl (C=O) groups is 1. The summed E-state index contributed by atoms with van der Waals surface area (Å²) < 4.78 is 11.1. The number of hydrogen-bond acceptors (Lipinski definition) is 4. The van der Waals surface area contributed by atoms with Gasteiger partial charge in [-0.05, 0) is 53.8 Å². The van der Waals surface area contributed by atoms with Crippen LogP contribution in [0.1, 0.15) is 21.5 Å². The third-order valence-electron chi connectivity index (χ3n) is 3.87. The van der Waals surface area contributed by atoms with Gasteiger partial charge in [-0.2, -0.15) is 0 Å². The van der Waals surface area contributed by atoms with Crippen LogP contribution in [0.25, 0.3) is 0 Å². The molecule has 0 amide bonds. The molecule has 3 aromatic rings. The maximum Gasteiger partial charge on any atom is 0.338 e. The normalized spacial score (nSPS) is 10.3. The van der Waals surface area contributed by atoms with Crippen LogP contribution in [0, 0.1) is 0 Å². The smallest absolute Gasteiger partial charge is 0.338 e. The van der Waals surface area contributed by atoms with E-state index in [-0.39, 0.29) is 12.6 Å². The number of ether oxygens (including phenoxy) is 2. The van der Waals surface area contributed by atoms with Crippen molar-refractivity contribution in [3.63, 3.8) is 0 Å². The van der Waals surface area contributed by atoms with Crippen molar-refractivity contribution in [3.05, 3.63) is 95.6 Å². The fraction of sp³-hybridized carbons (Fsp3) is 0.136. The molecule has 3 nitrogen and oxygen atoms in total. The summed E-state index contributed by atoms with van der Waals surface area (Å²) in [5.74, 6) is 0.381. The molecule has 0 aliphatic carbocycles. The van der Waals surface area contributed by atoms with E-state index in [2.05, 4.69) is 0 Å². The van der Waals surface area contributed by atoms with E-state index in [4.69, 9.17) is 9.47 Å². The molecule has 0 N–H and O–H groups in total. The fourth-order valence-electron chi connectivity index (χ4n) is 2.38. The van der Waals surface area contributed by atoms with Crippen molar-refractivity contribution in [2.75, 3.05) is 6.26 Å². The molecular weight excluding hydrogens is 344 g/mol. The average Bonchev–Trinajstić information content (AvgIpc) is 2.72. The molecule has 26 heavy (non-hydrogen) atoms. The van der Waals surface area contributed by atoms with Crippen LogP contribution in [0.4, 0.5) is 0 Å². The lowest BCUT2D eigenvalue weighted by Gasteiger charge is -2.08. The third kappa shape index (κ3) is 5.14. The van der Waals surface area contributed by atoms with E-state index in [1.165, 1.54) is 4.90 Å². The summed E-state index contributed by atoms with van der Waals surface area (Å²) in [5, 5.41) is 0. The molecule has 0 aliphatic rings. The SMILES string of the molecule is CSc1ccc(COC(=O)c2ccc(OCc3ccccc3)cc2)cc1. The first kappa shape index (κ1) is 18.1. The topological polar surface area (TPSA) is 35.5 Å². The Morgan fingerprint density at radius 1 is 0.808 bits per heavy atom. The van der Waals surface area contributed by atoms with Crippen LogP contribution < -0.4 is 4.74 Å². The van der Waals surface area contributed by atoms with E-state index < -0.39 is 0 Å². The lowest BCUT2D eigenvalue weighted by atomic mass is 10.2. The molecule has 0 heterocycles. The Labute approximate surface area is 158 Å². The first-order valence-corrected chi connectivity index (χ1v) is 9.54.